The van der Waals surface area contributed by atoms with Crippen molar-refractivity contribution in [2.75, 3.05) is 66.0 Å². The fraction of sp³-hybridized carbons (Fsp3) is 0.882. The van der Waals surface area contributed by atoms with Crippen molar-refractivity contribution in [3.8, 4) is 0 Å². The molecule has 144 valence electrons. The number of morpholine rings is 1. The molecule has 1 amide bonds. The first-order valence-electron chi connectivity index (χ1n) is 9.23. The largest absolute Gasteiger partial charge is 0.374 e. The van der Waals surface area contributed by atoms with E-state index in [1.807, 2.05) is 13.8 Å². The summed E-state index contributed by atoms with van der Waals surface area (Å²) in [4.78, 5) is 23.1. The minimum Gasteiger partial charge on any atom is -0.374 e. The number of carbonyl (C=O) groups is 1. The molecule has 2 aliphatic rings. The Labute approximate surface area is 151 Å². The van der Waals surface area contributed by atoms with E-state index >= 15 is 0 Å². The van der Waals surface area contributed by atoms with Crippen molar-refractivity contribution in [3.05, 3.63) is 0 Å². The summed E-state index contributed by atoms with van der Waals surface area (Å²) in [7, 11) is 2.12. The summed E-state index contributed by atoms with van der Waals surface area (Å²) in [5.74, 6) is 0.649. The number of amides is 1. The molecule has 2 fully saturated rings. The monoisotopic (exact) mass is 354 g/mol. The van der Waals surface area contributed by atoms with Gasteiger partial charge in [0.25, 0.3) is 0 Å². The molecule has 0 spiro atoms. The molecule has 0 saturated carbocycles. The first-order chi connectivity index (χ1) is 11.8. The van der Waals surface area contributed by atoms with Crippen molar-refractivity contribution in [2.24, 2.45) is 10.7 Å². The summed E-state index contributed by atoms with van der Waals surface area (Å²) in [5.41, 5.74) is 4.93. The van der Waals surface area contributed by atoms with E-state index in [9.17, 15) is 4.79 Å². The zero-order valence-electron chi connectivity index (χ0n) is 16.1. The van der Waals surface area contributed by atoms with Gasteiger partial charge in [-0.05, 0) is 27.8 Å². The van der Waals surface area contributed by atoms with Crippen molar-refractivity contribution in [1.29, 1.82) is 0 Å². The van der Waals surface area contributed by atoms with Crippen LogP contribution in [0.15, 0.2) is 4.99 Å². The fourth-order valence-electron chi connectivity index (χ4n) is 3.22. The van der Waals surface area contributed by atoms with Gasteiger partial charge in [0.2, 0.25) is 5.91 Å². The Morgan fingerprint density at radius 1 is 1.28 bits per heavy atom. The van der Waals surface area contributed by atoms with Gasteiger partial charge in [0.15, 0.2) is 5.96 Å². The van der Waals surface area contributed by atoms with Gasteiger partial charge in [0.05, 0.1) is 24.8 Å². The SMILES string of the molecule is CCNC(=NCC1CN(C)CCO1)N1CCN(C(C)(C)C(N)=O)CC1. The van der Waals surface area contributed by atoms with Gasteiger partial charge < -0.3 is 25.6 Å². The Bertz CT molecular complexity index is 474. The average Bonchev–Trinajstić information content (AvgIpc) is 2.58. The molecule has 2 rings (SSSR count). The maximum Gasteiger partial charge on any atom is 0.237 e. The zero-order valence-corrected chi connectivity index (χ0v) is 16.1. The number of rotatable bonds is 5. The highest BCUT2D eigenvalue weighted by Crippen LogP contribution is 2.16. The highest BCUT2D eigenvalue weighted by atomic mass is 16.5. The number of guanidine groups is 1. The summed E-state index contributed by atoms with van der Waals surface area (Å²) >= 11 is 0. The van der Waals surface area contributed by atoms with Gasteiger partial charge in [0.1, 0.15) is 0 Å². The number of nitrogens with one attached hydrogen (secondary N) is 1. The minimum absolute atomic E-state index is 0.155. The number of aliphatic imine (C=N–C) groups is 1. The number of nitrogens with two attached hydrogens (primary N) is 1. The molecule has 1 unspecified atom stereocenters. The normalized spacial score (nSPS) is 24.4. The minimum atomic E-state index is -0.609. The third-order valence-corrected chi connectivity index (χ3v) is 5.09. The van der Waals surface area contributed by atoms with Gasteiger partial charge in [-0.25, -0.2) is 0 Å². The molecular formula is C17H34N6O2. The average molecular weight is 354 g/mol. The van der Waals surface area contributed by atoms with E-state index in [1.165, 1.54) is 0 Å². The molecule has 8 nitrogen and oxygen atoms in total. The van der Waals surface area contributed by atoms with Gasteiger partial charge in [-0.3, -0.25) is 14.7 Å². The van der Waals surface area contributed by atoms with Crippen molar-refractivity contribution < 1.29 is 9.53 Å². The number of nitrogens with zero attached hydrogens (tertiary/aromatic N) is 4. The molecule has 0 bridgehead atoms. The number of piperazine rings is 1. The van der Waals surface area contributed by atoms with Crippen LogP contribution in [0.3, 0.4) is 0 Å². The summed E-state index contributed by atoms with van der Waals surface area (Å²) in [6, 6.07) is 0. The van der Waals surface area contributed by atoms with Crippen LogP contribution in [-0.2, 0) is 9.53 Å². The lowest BCUT2D eigenvalue weighted by molar-refractivity contribution is -0.129. The molecule has 3 N–H and O–H groups in total. The Hall–Kier alpha value is -1.38. The number of likely N-dealkylation sites (N-methyl/N-ethyl adjacent to an activating group) is 1. The van der Waals surface area contributed by atoms with Crippen LogP contribution in [-0.4, -0.2) is 104 Å². The lowest BCUT2D eigenvalue weighted by Gasteiger charge is -2.43. The summed E-state index contributed by atoms with van der Waals surface area (Å²) in [6.07, 6.45) is 0.155. The second-order valence-electron chi connectivity index (χ2n) is 7.35. The Morgan fingerprint density at radius 3 is 2.52 bits per heavy atom. The number of ether oxygens (including phenoxy) is 1. The molecule has 2 heterocycles. The molecule has 2 saturated heterocycles. The highest BCUT2D eigenvalue weighted by molar-refractivity contribution is 5.84. The molecule has 0 aromatic carbocycles. The van der Waals surface area contributed by atoms with Crippen LogP contribution in [0, 0.1) is 0 Å². The van der Waals surface area contributed by atoms with Gasteiger partial charge in [-0.15, -0.1) is 0 Å². The molecule has 0 aromatic heterocycles. The van der Waals surface area contributed by atoms with Crippen LogP contribution in [0.4, 0.5) is 0 Å². The summed E-state index contributed by atoms with van der Waals surface area (Å²) < 4.78 is 5.80. The third kappa shape index (κ3) is 5.29. The van der Waals surface area contributed by atoms with Gasteiger partial charge >= 0.3 is 0 Å². The first kappa shape index (κ1) is 19.9. The Balaban J connectivity index is 1.92. The Morgan fingerprint density at radius 2 is 1.96 bits per heavy atom. The maximum absolute atomic E-state index is 11.7. The van der Waals surface area contributed by atoms with E-state index in [1.54, 1.807) is 0 Å². The molecule has 1 atom stereocenters. The van der Waals surface area contributed by atoms with Crippen LogP contribution < -0.4 is 11.1 Å². The zero-order chi connectivity index (χ0) is 18.4. The molecule has 0 aromatic rings. The van der Waals surface area contributed by atoms with Gasteiger partial charge in [-0.2, -0.15) is 0 Å². The maximum atomic E-state index is 11.7. The third-order valence-electron chi connectivity index (χ3n) is 5.09. The van der Waals surface area contributed by atoms with E-state index in [0.717, 1.165) is 58.4 Å². The van der Waals surface area contributed by atoms with Crippen LogP contribution in [0.1, 0.15) is 20.8 Å². The second-order valence-corrected chi connectivity index (χ2v) is 7.35. The quantitative estimate of drug-likeness (QED) is 0.495. The second kappa shape index (κ2) is 8.82. The van der Waals surface area contributed by atoms with Crippen molar-refractivity contribution in [1.82, 2.24) is 20.0 Å². The lowest BCUT2D eigenvalue weighted by Crippen LogP contribution is -2.61. The molecule has 2 aliphatic heterocycles. The van der Waals surface area contributed by atoms with Crippen LogP contribution in [0.5, 0.6) is 0 Å². The first-order valence-corrected chi connectivity index (χ1v) is 9.23. The molecule has 0 aliphatic carbocycles. The van der Waals surface area contributed by atoms with E-state index in [-0.39, 0.29) is 12.0 Å². The molecule has 0 radical (unpaired) electrons. The lowest BCUT2D eigenvalue weighted by atomic mass is 10.0. The highest BCUT2D eigenvalue weighted by Gasteiger charge is 2.35. The predicted octanol–water partition coefficient (Wildman–Crippen LogP) is -0.836. The van der Waals surface area contributed by atoms with Crippen molar-refractivity contribution >= 4 is 11.9 Å². The fourth-order valence-corrected chi connectivity index (χ4v) is 3.22. The smallest absolute Gasteiger partial charge is 0.237 e. The number of hydrogen-bond donors (Lipinski definition) is 2. The van der Waals surface area contributed by atoms with Gasteiger partial charge in [-0.1, -0.05) is 0 Å². The number of hydrogen-bond acceptors (Lipinski definition) is 5. The van der Waals surface area contributed by atoms with Gasteiger partial charge in [0, 0.05) is 45.8 Å². The number of primary amides is 1. The van der Waals surface area contributed by atoms with E-state index < -0.39 is 5.54 Å². The topological polar surface area (TPSA) is 86.4 Å². The van der Waals surface area contributed by atoms with Crippen LogP contribution in [0.25, 0.3) is 0 Å². The van der Waals surface area contributed by atoms with Crippen LogP contribution >= 0.6 is 0 Å². The van der Waals surface area contributed by atoms with Crippen molar-refractivity contribution in [2.45, 2.75) is 32.4 Å². The summed E-state index contributed by atoms with van der Waals surface area (Å²) in [5, 5.41) is 3.38. The predicted molar refractivity (Wildman–Crippen MR) is 99.6 cm³/mol. The number of carbonyl (C=O) groups excluding carboxylic acids is 1. The summed E-state index contributed by atoms with van der Waals surface area (Å²) in [6.45, 7) is 13.3. The Kier molecular flexibility index (Phi) is 7.04. The standard InChI is InChI=1S/C17H34N6O2/c1-5-19-16(20-12-14-13-21(4)10-11-25-14)22-6-8-23(9-7-22)17(2,3)15(18)24/h14H,5-13H2,1-4H3,(H2,18,24)(H,19,20). The molecular weight excluding hydrogens is 320 g/mol. The van der Waals surface area contributed by atoms with E-state index in [0.29, 0.717) is 6.54 Å². The van der Waals surface area contributed by atoms with Crippen molar-refractivity contribution in [3.63, 3.8) is 0 Å². The molecule has 8 heteroatoms. The van der Waals surface area contributed by atoms with Crippen LogP contribution in [0.2, 0.25) is 0 Å². The van der Waals surface area contributed by atoms with E-state index in [4.69, 9.17) is 15.5 Å². The van der Waals surface area contributed by atoms with E-state index in [2.05, 4.69) is 34.0 Å². The molecule has 25 heavy (non-hydrogen) atoms.